The van der Waals surface area contributed by atoms with Gasteiger partial charge in [-0.2, -0.15) is 0 Å². The van der Waals surface area contributed by atoms with Crippen LogP contribution in [0.3, 0.4) is 0 Å². The van der Waals surface area contributed by atoms with Gasteiger partial charge in [0.05, 0.1) is 17.2 Å². The number of para-hydroxylation sites is 2. The van der Waals surface area contributed by atoms with Gasteiger partial charge in [-0.25, -0.2) is 4.98 Å². The third-order valence-corrected chi connectivity index (χ3v) is 4.48. The average molecular weight is 296 g/mol. The molecule has 2 heterocycles. The number of carbonyl (C=O) groups excluding carboxylic acids is 1. The normalized spacial score (nSPS) is 21.8. The zero-order valence-corrected chi connectivity index (χ0v) is 12.5. The van der Waals surface area contributed by atoms with E-state index >= 15 is 0 Å². The number of piperidine rings is 1. The molecule has 4 rings (SSSR count). The van der Waals surface area contributed by atoms with Gasteiger partial charge in [0.1, 0.15) is 5.82 Å². The fraction of sp³-hybridized carbons (Fsp3) is 0.471. The summed E-state index contributed by atoms with van der Waals surface area (Å²) in [4.78, 5) is 23.4. The summed E-state index contributed by atoms with van der Waals surface area (Å²) < 4.78 is 0. The van der Waals surface area contributed by atoms with Crippen molar-refractivity contribution in [3.8, 4) is 0 Å². The number of aromatic nitrogens is 2. The molecule has 5 nitrogen and oxygen atoms in total. The van der Waals surface area contributed by atoms with E-state index in [0.29, 0.717) is 0 Å². The first kappa shape index (κ1) is 13.5. The summed E-state index contributed by atoms with van der Waals surface area (Å²) in [5.41, 5.74) is 1.84. The summed E-state index contributed by atoms with van der Waals surface area (Å²) in [6.07, 6.45) is 6.07. The highest BCUT2D eigenvalue weighted by Gasteiger charge is 2.32. The lowest BCUT2D eigenvalue weighted by molar-refractivity contribution is -0.123. The largest absolute Gasteiger partial charge is 0.353 e. The van der Waals surface area contributed by atoms with Gasteiger partial charge < -0.3 is 10.2 Å². The number of benzene rings is 1. The van der Waals surface area contributed by atoms with Crippen LogP contribution in [0.4, 0.5) is 5.82 Å². The summed E-state index contributed by atoms with van der Waals surface area (Å²) >= 11 is 0. The molecule has 1 atom stereocenters. The van der Waals surface area contributed by atoms with E-state index in [4.69, 9.17) is 4.98 Å². The highest BCUT2D eigenvalue weighted by atomic mass is 16.2. The third kappa shape index (κ3) is 2.75. The zero-order chi connectivity index (χ0) is 14.9. The van der Waals surface area contributed by atoms with Crippen LogP contribution in [-0.2, 0) is 4.79 Å². The lowest BCUT2D eigenvalue weighted by Gasteiger charge is -2.33. The molecule has 0 bridgehead atoms. The topological polar surface area (TPSA) is 58.1 Å². The van der Waals surface area contributed by atoms with Crippen molar-refractivity contribution in [3.05, 3.63) is 30.5 Å². The lowest BCUT2D eigenvalue weighted by atomic mass is 10.1. The predicted molar refractivity (Wildman–Crippen MR) is 85.6 cm³/mol. The minimum Gasteiger partial charge on any atom is -0.353 e. The first-order valence-electron chi connectivity index (χ1n) is 8.07. The molecule has 1 unspecified atom stereocenters. The summed E-state index contributed by atoms with van der Waals surface area (Å²) in [6, 6.07) is 8.15. The van der Waals surface area contributed by atoms with E-state index in [-0.39, 0.29) is 17.9 Å². The molecule has 2 aliphatic rings. The predicted octanol–water partition coefficient (Wildman–Crippen LogP) is 2.12. The van der Waals surface area contributed by atoms with E-state index in [9.17, 15) is 4.79 Å². The summed E-state index contributed by atoms with van der Waals surface area (Å²) in [6.45, 7) is 1.80. The Morgan fingerprint density at radius 3 is 2.82 bits per heavy atom. The SMILES string of the molecule is O=C(NC1CCCN(c2cnc3ccccc3n2)C1)C1CC1. The minimum atomic E-state index is 0.232. The zero-order valence-electron chi connectivity index (χ0n) is 12.5. The second-order valence-electron chi connectivity index (χ2n) is 6.28. The maximum Gasteiger partial charge on any atom is 0.223 e. The molecule has 0 spiro atoms. The van der Waals surface area contributed by atoms with Crippen molar-refractivity contribution in [1.82, 2.24) is 15.3 Å². The molecule has 2 aromatic rings. The molecule has 22 heavy (non-hydrogen) atoms. The average Bonchev–Trinajstić information content (AvgIpc) is 3.40. The van der Waals surface area contributed by atoms with Crippen molar-refractivity contribution in [1.29, 1.82) is 0 Å². The molecule has 1 N–H and O–H groups in total. The molecular weight excluding hydrogens is 276 g/mol. The van der Waals surface area contributed by atoms with E-state index in [1.54, 1.807) is 0 Å². The van der Waals surface area contributed by atoms with E-state index in [1.165, 1.54) is 0 Å². The number of amides is 1. The molecule has 0 radical (unpaired) electrons. The molecule has 114 valence electrons. The molecule has 5 heteroatoms. The van der Waals surface area contributed by atoms with Gasteiger partial charge in [0.15, 0.2) is 0 Å². The molecule has 1 saturated carbocycles. The number of rotatable bonds is 3. The van der Waals surface area contributed by atoms with Crippen molar-refractivity contribution in [2.75, 3.05) is 18.0 Å². The summed E-state index contributed by atoms with van der Waals surface area (Å²) in [7, 11) is 0. The Kier molecular flexibility index (Phi) is 3.41. The number of nitrogens with one attached hydrogen (secondary N) is 1. The van der Waals surface area contributed by atoms with Gasteiger partial charge in [-0.15, -0.1) is 0 Å². The Labute approximate surface area is 129 Å². The van der Waals surface area contributed by atoms with Crippen LogP contribution in [0.5, 0.6) is 0 Å². The van der Waals surface area contributed by atoms with Crippen LogP contribution in [0.2, 0.25) is 0 Å². The quantitative estimate of drug-likeness (QED) is 0.942. The highest BCUT2D eigenvalue weighted by Crippen LogP contribution is 2.29. The Morgan fingerprint density at radius 2 is 2.00 bits per heavy atom. The molecule has 1 aromatic heterocycles. The van der Waals surface area contributed by atoms with Crippen molar-refractivity contribution >= 4 is 22.8 Å². The Morgan fingerprint density at radius 1 is 1.18 bits per heavy atom. The number of anilines is 1. The molecular formula is C17H20N4O. The number of hydrogen-bond donors (Lipinski definition) is 1. The van der Waals surface area contributed by atoms with Gasteiger partial charge in [-0.1, -0.05) is 12.1 Å². The Bertz CT molecular complexity index is 698. The van der Waals surface area contributed by atoms with Crippen molar-refractivity contribution in [3.63, 3.8) is 0 Å². The molecule has 1 aromatic carbocycles. The monoisotopic (exact) mass is 296 g/mol. The fourth-order valence-electron chi connectivity index (χ4n) is 3.07. The van der Waals surface area contributed by atoms with Gasteiger partial charge in [-0.05, 0) is 37.8 Å². The first-order valence-corrected chi connectivity index (χ1v) is 8.07. The van der Waals surface area contributed by atoms with Crippen LogP contribution in [0, 0.1) is 5.92 Å². The van der Waals surface area contributed by atoms with Gasteiger partial charge in [-0.3, -0.25) is 9.78 Å². The van der Waals surface area contributed by atoms with E-state index in [1.807, 2.05) is 30.5 Å². The van der Waals surface area contributed by atoms with Crippen LogP contribution >= 0.6 is 0 Å². The number of carbonyl (C=O) groups is 1. The minimum absolute atomic E-state index is 0.232. The third-order valence-electron chi connectivity index (χ3n) is 4.48. The number of hydrogen-bond acceptors (Lipinski definition) is 4. The van der Waals surface area contributed by atoms with E-state index in [2.05, 4.69) is 15.2 Å². The number of fused-ring (bicyclic) bond motifs is 1. The van der Waals surface area contributed by atoms with Gasteiger partial charge >= 0.3 is 0 Å². The van der Waals surface area contributed by atoms with E-state index in [0.717, 1.165) is 55.6 Å². The second-order valence-corrected chi connectivity index (χ2v) is 6.28. The summed E-state index contributed by atoms with van der Waals surface area (Å²) in [5.74, 6) is 1.41. The second kappa shape index (κ2) is 5.55. The van der Waals surface area contributed by atoms with Gasteiger partial charge in [0, 0.05) is 25.0 Å². The summed E-state index contributed by atoms with van der Waals surface area (Å²) in [5, 5.41) is 3.19. The van der Waals surface area contributed by atoms with E-state index < -0.39 is 0 Å². The molecule has 1 aliphatic carbocycles. The molecule has 1 saturated heterocycles. The Hall–Kier alpha value is -2.17. The molecule has 2 fully saturated rings. The standard InChI is InChI=1S/C17H20N4O/c22-17(12-7-8-12)19-13-4-3-9-21(11-13)16-10-18-14-5-1-2-6-15(14)20-16/h1-2,5-6,10,12-13H,3-4,7-9,11H2,(H,19,22). The first-order chi connectivity index (χ1) is 10.8. The fourth-order valence-corrected chi connectivity index (χ4v) is 3.07. The molecule has 1 aliphatic heterocycles. The van der Waals surface area contributed by atoms with Crippen molar-refractivity contribution in [2.45, 2.75) is 31.7 Å². The smallest absolute Gasteiger partial charge is 0.223 e. The molecule has 1 amide bonds. The highest BCUT2D eigenvalue weighted by molar-refractivity contribution is 5.81. The van der Waals surface area contributed by atoms with Gasteiger partial charge in [0.2, 0.25) is 5.91 Å². The maximum atomic E-state index is 11.9. The van der Waals surface area contributed by atoms with Crippen LogP contribution < -0.4 is 10.2 Å². The van der Waals surface area contributed by atoms with Crippen molar-refractivity contribution in [2.24, 2.45) is 5.92 Å². The van der Waals surface area contributed by atoms with Gasteiger partial charge in [0.25, 0.3) is 0 Å². The van der Waals surface area contributed by atoms with Crippen molar-refractivity contribution < 1.29 is 4.79 Å². The van der Waals surface area contributed by atoms with Crippen LogP contribution in [-0.4, -0.2) is 35.0 Å². The lowest BCUT2D eigenvalue weighted by Crippen LogP contribution is -2.48. The Balaban J connectivity index is 1.49. The van der Waals surface area contributed by atoms with Crippen LogP contribution in [0.1, 0.15) is 25.7 Å². The van der Waals surface area contributed by atoms with Crippen LogP contribution in [0.15, 0.2) is 30.5 Å². The maximum absolute atomic E-state index is 11.9. The van der Waals surface area contributed by atoms with Crippen LogP contribution in [0.25, 0.3) is 11.0 Å². The number of nitrogens with zero attached hydrogens (tertiary/aromatic N) is 3.